The average molecular weight is 524 g/mol. The van der Waals surface area contributed by atoms with Gasteiger partial charge in [-0.1, -0.05) is 38.2 Å². The molecule has 0 aromatic carbocycles. The van der Waals surface area contributed by atoms with Crippen molar-refractivity contribution in [3.63, 3.8) is 0 Å². The topological polar surface area (TPSA) is 123 Å². The predicted octanol–water partition coefficient (Wildman–Crippen LogP) is 3.94. The van der Waals surface area contributed by atoms with Crippen molar-refractivity contribution in [1.82, 2.24) is 4.90 Å². The summed E-state index contributed by atoms with van der Waals surface area (Å²) in [5.41, 5.74) is -0.656. The number of aliphatic hydroxyl groups is 2. The Balaban J connectivity index is 3.05. The van der Waals surface area contributed by atoms with Crippen LogP contribution in [0.4, 0.5) is 4.79 Å². The van der Waals surface area contributed by atoms with Gasteiger partial charge in [-0.15, -0.1) is 0 Å². The lowest BCUT2D eigenvalue weighted by atomic mass is 9.88. The van der Waals surface area contributed by atoms with E-state index in [-0.39, 0.29) is 43.8 Å². The monoisotopic (exact) mass is 523 g/mol. The van der Waals surface area contributed by atoms with Crippen molar-refractivity contribution < 1.29 is 38.8 Å². The first kappa shape index (κ1) is 32.4. The smallest absolute Gasteiger partial charge is 0.409 e. The van der Waals surface area contributed by atoms with E-state index in [1.807, 2.05) is 52.8 Å². The van der Waals surface area contributed by atoms with Crippen molar-refractivity contribution in [2.24, 2.45) is 11.8 Å². The third-order valence-electron chi connectivity index (χ3n) is 6.36. The van der Waals surface area contributed by atoms with Crippen LogP contribution in [0, 0.1) is 11.8 Å². The fourth-order valence-electron chi connectivity index (χ4n) is 3.95. The van der Waals surface area contributed by atoms with Crippen molar-refractivity contribution >= 4 is 18.0 Å². The van der Waals surface area contributed by atoms with Crippen LogP contribution in [-0.2, 0) is 23.8 Å². The maximum atomic E-state index is 12.5. The number of rotatable bonds is 8. The first-order chi connectivity index (χ1) is 17.3. The summed E-state index contributed by atoms with van der Waals surface area (Å²) in [4.78, 5) is 37.8. The Kier molecular flexibility index (Phi) is 13.6. The SMILES string of the molecule is CCN(CC)C(=O)OC[C@@H](C)/C=C/C=C(\C)[C@H]1OC(=O)C[C@@H](O)CC[C@](C)(O)[C@@H](OC(C)=O)/C=C\[C@@H]1C. The lowest BCUT2D eigenvalue weighted by Crippen LogP contribution is -2.42. The summed E-state index contributed by atoms with van der Waals surface area (Å²) >= 11 is 0. The fourth-order valence-corrected chi connectivity index (χ4v) is 3.95. The van der Waals surface area contributed by atoms with Crippen LogP contribution in [0.3, 0.4) is 0 Å². The van der Waals surface area contributed by atoms with Crippen LogP contribution in [0.25, 0.3) is 0 Å². The summed E-state index contributed by atoms with van der Waals surface area (Å²) in [6.07, 6.45) is 6.08. The molecule has 1 aliphatic rings. The number of aliphatic hydroxyl groups excluding tert-OH is 1. The van der Waals surface area contributed by atoms with Crippen molar-refractivity contribution in [2.75, 3.05) is 19.7 Å². The molecule has 37 heavy (non-hydrogen) atoms. The van der Waals surface area contributed by atoms with Gasteiger partial charge in [0.1, 0.15) is 17.8 Å². The molecule has 0 radical (unpaired) electrons. The van der Waals surface area contributed by atoms with Crippen LogP contribution >= 0.6 is 0 Å². The number of hydrogen-bond acceptors (Lipinski definition) is 8. The Morgan fingerprint density at radius 3 is 2.51 bits per heavy atom. The van der Waals surface area contributed by atoms with Gasteiger partial charge in [0.05, 0.1) is 19.1 Å². The molecule has 210 valence electrons. The number of esters is 2. The quantitative estimate of drug-likeness (QED) is 0.212. The zero-order valence-corrected chi connectivity index (χ0v) is 23.3. The van der Waals surface area contributed by atoms with Crippen molar-refractivity contribution in [2.45, 2.75) is 91.6 Å². The first-order valence-electron chi connectivity index (χ1n) is 13.0. The largest absolute Gasteiger partial charge is 0.457 e. The molecule has 0 spiro atoms. The standard InChI is InChI=1S/C28H45NO8/c1-8-29(9-2)27(33)35-18-19(3)11-10-12-20(4)26-21(5)13-14-24(36-22(6)30)28(7,34)16-15-23(31)17-25(32)37-26/h10-14,19,21,23-24,26,31,34H,8-9,15-18H2,1-7H3/b11-10+,14-13-,20-12+/t19-,21-,23-,24-,26+,28-/m0/s1. The van der Waals surface area contributed by atoms with E-state index < -0.39 is 35.9 Å². The molecule has 1 rings (SSSR count). The number of carbonyl (C=O) groups is 3. The molecule has 0 saturated heterocycles. The Morgan fingerprint density at radius 1 is 1.27 bits per heavy atom. The van der Waals surface area contributed by atoms with Crippen molar-refractivity contribution in [3.05, 3.63) is 36.0 Å². The lowest BCUT2D eigenvalue weighted by molar-refractivity contribution is -0.157. The molecule has 0 fully saturated rings. The van der Waals surface area contributed by atoms with Gasteiger partial charge in [-0.05, 0) is 52.2 Å². The third kappa shape index (κ3) is 11.5. The van der Waals surface area contributed by atoms with Crippen molar-refractivity contribution in [3.8, 4) is 0 Å². The van der Waals surface area contributed by atoms with E-state index >= 15 is 0 Å². The number of carbonyl (C=O) groups excluding carboxylic acids is 3. The second-order valence-electron chi connectivity index (χ2n) is 9.96. The molecule has 0 unspecified atom stereocenters. The highest BCUT2D eigenvalue weighted by atomic mass is 16.6. The summed E-state index contributed by atoms with van der Waals surface area (Å²) in [7, 11) is 0. The summed E-state index contributed by atoms with van der Waals surface area (Å²) in [6, 6.07) is 0. The molecule has 0 aliphatic carbocycles. The molecule has 0 aromatic rings. The molecule has 0 saturated carbocycles. The van der Waals surface area contributed by atoms with Crippen LogP contribution in [0.5, 0.6) is 0 Å². The van der Waals surface area contributed by atoms with Gasteiger partial charge in [0.15, 0.2) is 0 Å². The van der Waals surface area contributed by atoms with E-state index in [1.54, 1.807) is 24.0 Å². The van der Waals surface area contributed by atoms with Gasteiger partial charge >= 0.3 is 18.0 Å². The van der Waals surface area contributed by atoms with Gasteiger partial charge in [-0.3, -0.25) is 9.59 Å². The second kappa shape index (κ2) is 15.6. The first-order valence-corrected chi connectivity index (χ1v) is 13.0. The predicted molar refractivity (Wildman–Crippen MR) is 141 cm³/mol. The number of cyclic esters (lactones) is 1. The molecular formula is C28H45NO8. The minimum absolute atomic E-state index is 0.0263. The molecule has 6 atom stereocenters. The van der Waals surface area contributed by atoms with E-state index in [9.17, 15) is 24.6 Å². The molecule has 1 aliphatic heterocycles. The number of ether oxygens (including phenoxy) is 3. The summed E-state index contributed by atoms with van der Waals surface area (Å²) in [5, 5.41) is 21.2. The van der Waals surface area contributed by atoms with Gasteiger partial charge in [-0.2, -0.15) is 0 Å². The van der Waals surface area contributed by atoms with Gasteiger partial charge in [-0.25, -0.2) is 4.79 Å². The zero-order chi connectivity index (χ0) is 28.2. The molecule has 1 heterocycles. The molecule has 0 aromatic heterocycles. The van der Waals surface area contributed by atoms with Crippen LogP contribution in [0.15, 0.2) is 36.0 Å². The number of amides is 1. The molecular weight excluding hydrogens is 478 g/mol. The van der Waals surface area contributed by atoms with Crippen LogP contribution in [0.1, 0.15) is 67.7 Å². The maximum absolute atomic E-state index is 12.5. The number of allylic oxidation sites excluding steroid dienone is 2. The fraction of sp³-hybridized carbons (Fsp3) is 0.679. The highest BCUT2D eigenvalue weighted by Gasteiger charge is 2.35. The molecule has 1 amide bonds. The summed E-state index contributed by atoms with van der Waals surface area (Å²) in [5.74, 6) is -1.41. The van der Waals surface area contributed by atoms with Gasteiger partial charge in [0.2, 0.25) is 0 Å². The van der Waals surface area contributed by atoms with Crippen LogP contribution in [0.2, 0.25) is 0 Å². The van der Waals surface area contributed by atoms with Gasteiger partial charge < -0.3 is 29.3 Å². The van der Waals surface area contributed by atoms with E-state index in [4.69, 9.17) is 14.2 Å². The highest BCUT2D eigenvalue weighted by molar-refractivity contribution is 5.70. The minimum atomic E-state index is -1.42. The van der Waals surface area contributed by atoms with Crippen LogP contribution < -0.4 is 0 Å². The second-order valence-corrected chi connectivity index (χ2v) is 9.96. The molecule has 2 N–H and O–H groups in total. The van der Waals surface area contributed by atoms with Gasteiger partial charge in [0.25, 0.3) is 0 Å². The van der Waals surface area contributed by atoms with Gasteiger partial charge in [0, 0.05) is 31.8 Å². The van der Waals surface area contributed by atoms with E-state index in [0.29, 0.717) is 13.1 Å². The third-order valence-corrected chi connectivity index (χ3v) is 6.36. The highest BCUT2D eigenvalue weighted by Crippen LogP contribution is 2.27. The number of hydrogen-bond donors (Lipinski definition) is 2. The maximum Gasteiger partial charge on any atom is 0.409 e. The van der Waals surface area contributed by atoms with Crippen LogP contribution in [-0.4, -0.2) is 76.8 Å². The Labute approximate surface area is 221 Å². The minimum Gasteiger partial charge on any atom is -0.457 e. The Morgan fingerprint density at radius 2 is 1.92 bits per heavy atom. The van der Waals surface area contributed by atoms with E-state index in [2.05, 4.69) is 0 Å². The summed E-state index contributed by atoms with van der Waals surface area (Å²) < 4.78 is 16.4. The zero-order valence-electron chi connectivity index (χ0n) is 23.3. The normalized spacial score (nSPS) is 29.4. The molecule has 9 heteroatoms. The lowest BCUT2D eigenvalue weighted by Gasteiger charge is -2.32. The van der Waals surface area contributed by atoms with E-state index in [0.717, 1.165) is 5.57 Å². The Hall–Kier alpha value is -2.65. The molecule has 0 bridgehead atoms. The number of nitrogens with zero attached hydrogens (tertiary/aromatic N) is 1. The summed E-state index contributed by atoms with van der Waals surface area (Å²) in [6.45, 7) is 13.6. The molecule has 9 nitrogen and oxygen atoms in total. The van der Waals surface area contributed by atoms with Crippen molar-refractivity contribution in [1.29, 1.82) is 0 Å². The Bertz CT molecular complexity index is 843. The average Bonchev–Trinajstić information content (AvgIpc) is 2.82. The van der Waals surface area contributed by atoms with E-state index in [1.165, 1.54) is 6.92 Å².